The quantitative estimate of drug-likeness (QED) is 0.120. The van der Waals surface area contributed by atoms with E-state index in [1.54, 1.807) is 33.4 Å². The Morgan fingerprint density at radius 2 is 0.451 bits per heavy atom. The largest absolute Gasteiger partial charge is 0.310 e. The third-order valence-corrected chi connectivity index (χ3v) is 35.9. The van der Waals surface area contributed by atoms with Gasteiger partial charge in [-0.2, -0.15) is 0 Å². The summed E-state index contributed by atoms with van der Waals surface area (Å²) in [5.74, 6) is 10.2. The fourth-order valence-corrected chi connectivity index (χ4v) is 31.7. The van der Waals surface area contributed by atoms with Gasteiger partial charge in [-0.25, -0.2) is 0 Å². The molecule has 0 N–H and O–H groups in total. The number of para-hydroxylation sites is 3. The normalized spacial score (nSPS) is 25.7. The molecule has 0 radical (unpaired) electrons. The number of hydrogen-bond acceptors (Lipinski definition) is 3. The van der Waals surface area contributed by atoms with Crippen molar-refractivity contribution in [3.05, 3.63) is 440 Å². The highest BCUT2D eigenvalue weighted by molar-refractivity contribution is 6.10. The van der Waals surface area contributed by atoms with Crippen LogP contribution in [0.5, 0.6) is 0 Å². The van der Waals surface area contributed by atoms with Gasteiger partial charge < -0.3 is 14.7 Å². The standard InChI is InChI=1S/2C44H37N.C42H35N/c1-2-12-35(13-3-1)45(36-22-20-32(21-23-36)38-16-8-11-31-10-4-5-14-37(31)38)42-19-9-18-41-43(42)39-15-6-7-17-40(39)44(41)33-25-29-24-30(27-33)28-34(44)26-29;1-2-11-37(12-3-1)45(38-21-19-32(20-22-38)34-18-17-31-9-4-5-10-33(31)28-34)42-16-8-15-41-43(42)39-13-6-7-14-40(39)44(41)35-24-29-23-30(26-35)27-36(44)25-29;1-2-10-33(11-3-1)43(34-19-20-36-30(26-34)18-17-29-9-4-5-12-35(29)36)40-16-8-15-39-41(40)37-13-6-7-14-38(37)42(39)31-22-27-21-28(24-31)25-32(42)23-27/h1-23,29-30,33-34H,24-28H2;1-22,28-30,35-36H,23-27H2;1-20,26-28,31-32H,21-25H2. The summed E-state index contributed by atoms with van der Waals surface area (Å²) in [5.41, 5.74) is 35.1. The van der Waals surface area contributed by atoms with Crippen LogP contribution in [0.25, 0.3) is 98.7 Å². The topological polar surface area (TPSA) is 9.72 Å². The Kier molecular flexibility index (Phi) is 18.1. The van der Waals surface area contributed by atoms with Crippen molar-refractivity contribution < 1.29 is 0 Å². The van der Waals surface area contributed by atoms with Crippen LogP contribution in [0.1, 0.15) is 130 Å². The molecule has 644 valence electrons. The van der Waals surface area contributed by atoms with Crippen LogP contribution in [0.2, 0.25) is 0 Å². The maximum Gasteiger partial charge on any atom is 0.0543 e. The third kappa shape index (κ3) is 11.9. The van der Waals surface area contributed by atoms with Gasteiger partial charge in [-0.15, -0.1) is 0 Å². The highest BCUT2D eigenvalue weighted by atomic mass is 15.2. The zero-order chi connectivity index (χ0) is 87.2. The number of fused-ring (bicyclic) bond motifs is 14. The van der Waals surface area contributed by atoms with E-state index in [0.717, 1.165) is 71.0 Å². The van der Waals surface area contributed by atoms with Crippen molar-refractivity contribution in [2.24, 2.45) is 71.0 Å². The van der Waals surface area contributed by atoms with E-state index in [4.69, 9.17) is 0 Å². The molecule has 15 aliphatic rings. The molecule has 12 saturated carbocycles. The lowest BCUT2D eigenvalue weighted by molar-refractivity contribution is -0.0399. The van der Waals surface area contributed by atoms with Crippen molar-refractivity contribution in [1.29, 1.82) is 0 Å². The van der Waals surface area contributed by atoms with Crippen LogP contribution in [0.15, 0.2) is 406 Å². The van der Waals surface area contributed by atoms with Gasteiger partial charge in [-0.3, -0.25) is 0 Å². The first-order valence-electron chi connectivity index (χ1n) is 50.2. The Morgan fingerprint density at radius 1 is 0.165 bits per heavy atom. The van der Waals surface area contributed by atoms with E-state index in [-0.39, 0.29) is 16.2 Å². The molecule has 0 saturated heterocycles. The van der Waals surface area contributed by atoms with Crippen LogP contribution in [-0.2, 0) is 16.2 Å². The Bertz CT molecular complexity index is 7540. The second-order valence-corrected chi connectivity index (χ2v) is 42.1. The second-order valence-electron chi connectivity index (χ2n) is 42.1. The van der Waals surface area contributed by atoms with Crippen molar-refractivity contribution in [2.75, 3.05) is 14.7 Å². The molecule has 18 aromatic rings. The molecular formula is C130H109N3. The minimum atomic E-state index is 0.163. The Labute approximate surface area is 782 Å². The summed E-state index contributed by atoms with van der Waals surface area (Å²) in [6.07, 6.45) is 21.3. The predicted molar refractivity (Wildman–Crippen MR) is 554 cm³/mol. The molecular weight excluding hydrogens is 1600 g/mol. The average Bonchev–Trinajstić information content (AvgIpc) is 1.53. The van der Waals surface area contributed by atoms with E-state index in [9.17, 15) is 0 Å². The van der Waals surface area contributed by atoms with E-state index >= 15 is 0 Å². The highest BCUT2D eigenvalue weighted by Gasteiger charge is 2.65. The van der Waals surface area contributed by atoms with Crippen molar-refractivity contribution in [3.8, 4) is 55.6 Å². The lowest BCUT2D eigenvalue weighted by Crippen LogP contribution is -2.55. The Morgan fingerprint density at radius 3 is 0.887 bits per heavy atom. The van der Waals surface area contributed by atoms with E-state index in [1.807, 2.05) is 0 Å². The van der Waals surface area contributed by atoms with Crippen LogP contribution in [0.4, 0.5) is 51.2 Å². The molecule has 133 heavy (non-hydrogen) atoms. The third-order valence-electron chi connectivity index (χ3n) is 35.9. The summed E-state index contributed by atoms with van der Waals surface area (Å²) < 4.78 is 0. The van der Waals surface area contributed by atoms with E-state index in [1.165, 1.54) is 246 Å². The summed E-state index contributed by atoms with van der Waals surface area (Å²) in [7, 11) is 0. The molecule has 0 heterocycles. The van der Waals surface area contributed by atoms with Crippen molar-refractivity contribution >= 4 is 94.3 Å². The molecule has 0 unspecified atom stereocenters. The monoisotopic (exact) mass is 1710 g/mol. The van der Waals surface area contributed by atoms with Crippen LogP contribution < -0.4 is 14.7 Å². The Balaban J connectivity index is 0.0000000996. The minimum Gasteiger partial charge on any atom is -0.310 e. The molecule has 12 fully saturated rings. The van der Waals surface area contributed by atoms with Gasteiger partial charge in [0.2, 0.25) is 0 Å². The number of nitrogens with zero attached hydrogens (tertiary/aromatic N) is 3. The summed E-state index contributed by atoms with van der Waals surface area (Å²) in [6.45, 7) is 0. The van der Waals surface area contributed by atoms with Crippen molar-refractivity contribution in [3.63, 3.8) is 0 Å². The molecule has 12 bridgehead atoms. The van der Waals surface area contributed by atoms with Gasteiger partial charge in [0.1, 0.15) is 0 Å². The van der Waals surface area contributed by atoms with Crippen LogP contribution in [-0.4, -0.2) is 0 Å². The van der Waals surface area contributed by atoms with E-state index in [2.05, 4.69) is 421 Å². The molecule has 0 amide bonds. The summed E-state index contributed by atoms with van der Waals surface area (Å²) >= 11 is 0. The first-order chi connectivity index (χ1) is 65.8. The van der Waals surface area contributed by atoms with Gasteiger partial charge in [-0.05, 0) is 380 Å². The molecule has 15 aliphatic carbocycles. The lowest BCUT2D eigenvalue weighted by atomic mass is 9.43. The second kappa shape index (κ2) is 30.7. The molecule has 3 spiro atoms. The SMILES string of the molecule is c1ccc(N(c2ccc(-c3ccc4ccccc4c3)cc2)c2cccc3c2-c2ccccc2C32C3CC4CC(C3)CC2C4)cc1.c1ccc(N(c2ccc(-c3cccc4ccccc34)cc2)c2cccc3c2-c2ccccc2C32C3CC4CC(C3)CC2C4)cc1.c1ccc(N(c2ccc3c(ccc4ccccc43)c2)c2cccc3c2-c2ccccc2C32C3CC4CC(C3)CC2C4)cc1. The predicted octanol–water partition coefficient (Wildman–Crippen LogP) is 34.6. The first-order valence-corrected chi connectivity index (χ1v) is 50.2. The minimum absolute atomic E-state index is 0.163. The van der Waals surface area contributed by atoms with Gasteiger partial charge in [-0.1, -0.05) is 309 Å². The van der Waals surface area contributed by atoms with Crippen LogP contribution in [0.3, 0.4) is 0 Å². The molecule has 0 aromatic heterocycles. The highest BCUT2D eigenvalue weighted by Crippen LogP contribution is 2.75. The maximum absolute atomic E-state index is 2.53. The number of hydrogen-bond donors (Lipinski definition) is 0. The summed E-state index contributed by atoms with van der Waals surface area (Å²) in [6, 6.07) is 153. The van der Waals surface area contributed by atoms with Gasteiger partial charge in [0.15, 0.2) is 0 Å². The van der Waals surface area contributed by atoms with E-state index in [0.29, 0.717) is 0 Å². The summed E-state index contributed by atoms with van der Waals surface area (Å²) in [4.78, 5) is 7.55. The Hall–Kier alpha value is -13.6. The molecule has 3 nitrogen and oxygen atoms in total. The smallest absolute Gasteiger partial charge is 0.0543 e. The zero-order valence-electron chi connectivity index (χ0n) is 75.6. The average molecular weight is 1710 g/mol. The van der Waals surface area contributed by atoms with Gasteiger partial charge in [0, 0.05) is 67.1 Å². The summed E-state index contributed by atoms with van der Waals surface area (Å²) in [5, 5.41) is 10.3. The number of benzene rings is 18. The van der Waals surface area contributed by atoms with Gasteiger partial charge >= 0.3 is 0 Å². The molecule has 18 aromatic carbocycles. The fraction of sp³-hybridized carbons (Fsp3) is 0.231. The van der Waals surface area contributed by atoms with E-state index < -0.39 is 0 Å². The van der Waals surface area contributed by atoms with Crippen molar-refractivity contribution in [2.45, 2.75) is 113 Å². The molecule has 0 aliphatic heterocycles. The molecule has 0 atom stereocenters. The van der Waals surface area contributed by atoms with Crippen LogP contribution in [0, 0.1) is 71.0 Å². The van der Waals surface area contributed by atoms with Gasteiger partial charge in [0.25, 0.3) is 0 Å². The number of anilines is 9. The maximum atomic E-state index is 2.53. The van der Waals surface area contributed by atoms with Crippen LogP contribution >= 0.6 is 0 Å². The fourth-order valence-electron chi connectivity index (χ4n) is 31.7. The molecule has 3 heteroatoms. The van der Waals surface area contributed by atoms with Gasteiger partial charge in [0.05, 0.1) is 17.1 Å². The van der Waals surface area contributed by atoms with Crippen molar-refractivity contribution in [1.82, 2.24) is 0 Å². The first kappa shape index (κ1) is 78.1. The zero-order valence-corrected chi connectivity index (χ0v) is 75.6. The number of rotatable bonds is 11. The lowest BCUT2D eigenvalue weighted by Gasteiger charge is -2.61. The molecule has 33 rings (SSSR count).